The van der Waals surface area contributed by atoms with Crippen LogP contribution >= 0.6 is 11.5 Å². The number of anilines is 2. The van der Waals surface area contributed by atoms with Crippen molar-refractivity contribution in [2.75, 3.05) is 37.5 Å². The van der Waals surface area contributed by atoms with Crippen molar-refractivity contribution < 1.29 is 9.53 Å². The minimum absolute atomic E-state index is 0.174. The Hall–Kier alpha value is -1.38. The number of nitrogens with zero attached hydrogens (tertiary/aromatic N) is 2. The Morgan fingerprint density at radius 3 is 2.81 bits per heavy atom. The van der Waals surface area contributed by atoms with E-state index in [0.29, 0.717) is 18.2 Å². The minimum Gasteiger partial charge on any atom is -0.382 e. The first-order valence-corrected chi connectivity index (χ1v) is 5.60. The molecule has 88 valence electrons. The van der Waals surface area contributed by atoms with E-state index >= 15 is 0 Å². The molecule has 1 fully saturated rings. The first kappa shape index (κ1) is 11.1. The molecule has 2 heterocycles. The Morgan fingerprint density at radius 2 is 2.19 bits per heavy atom. The van der Waals surface area contributed by atoms with Crippen LogP contribution in [0.25, 0.3) is 0 Å². The van der Waals surface area contributed by atoms with Gasteiger partial charge in [-0.25, -0.2) is 5.01 Å². The highest BCUT2D eigenvalue weighted by Gasteiger charge is 2.19. The highest BCUT2D eigenvalue weighted by Crippen LogP contribution is 2.26. The van der Waals surface area contributed by atoms with E-state index in [2.05, 4.69) is 9.80 Å². The Kier molecular flexibility index (Phi) is 3.22. The van der Waals surface area contributed by atoms with E-state index in [4.69, 9.17) is 16.2 Å². The fourth-order valence-corrected chi connectivity index (χ4v) is 2.18. The standard InChI is InChI=1S/C8H13N5O2S/c9-6-5(7(10)14)8(16-12-6)11-13-1-3-15-4-2-13/h11H,1-4H2,(H2,9,12)(H2,10,14). The van der Waals surface area contributed by atoms with E-state index in [0.717, 1.165) is 24.6 Å². The van der Waals surface area contributed by atoms with Gasteiger partial charge >= 0.3 is 0 Å². The van der Waals surface area contributed by atoms with Gasteiger partial charge in [0.2, 0.25) is 0 Å². The topological polar surface area (TPSA) is 106 Å². The monoisotopic (exact) mass is 243 g/mol. The lowest BCUT2D eigenvalue weighted by Crippen LogP contribution is -2.40. The van der Waals surface area contributed by atoms with Crippen LogP contribution in [-0.4, -0.2) is 41.6 Å². The zero-order valence-corrected chi connectivity index (χ0v) is 9.42. The molecule has 0 aliphatic carbocycles. The van der Waals surface area contributed by atoms with Crippen LogP contribution in [-0.2, 0) is 4.74 Å². The van der Waals surface area contributed by atoms with Gasteiger partial charge in [-0.05, 0) is 11.5 Å². The van der Waals surface area contributed by atoms with Crippen LogP contribution in [0.15, 0.2) is 0 Å². The largest absolute Gasteiger partial charge is 0.382 e. The van der Waals surface area contributed by atoms with Gasteiger partial charge in [-0.2, -0.15) is 4.37 Å². The Labute approximate surface area is 96.5 Å². The van der Waals surface area contributed by atoms with Gasteiger partial charge in [0.25, 0.3) is 5.91 Å². The summed E-state index contributed by atoms with van der Waals surface area (Å²) in [6, 6.07) is 0. The van der Waals surface area contributed by atoms with Gasteiger partial charge in [-0.3, -0.25) is 4.79 Å². The average molecular weight is 243 g/mol. The molecular formula is C8H13N5O2S. The van der Waals surface area contributed by atoms with Crippen LogP contribution in [0.4, 0.5) is 10.8 Å². The number of hydrogen-bond acceptors (Lipinski definition) is 7. The summed E-state index contributed by atoms with van der Waals surface area (Å²) in [5, 5.41) is 2.54. The third-order valence-electron chi connectivity index (χ3n) is 2.24. The number of hydrazine groups is 1. The summed E-state index contributed by atoms with van der Waals surface area (Å²) in [6.07, 6.45) is 0. The highest BCUT2D eigenvalue weighted by molar-refractivity contribution is 7.11. The molecule has 8 heteroatoms. The van der Waals surface area contributed by atoms with Crippen molar-refractivity contribution in [1.82, 2.24) is 9.38 Å². The molecule has 1 saturated heterocycles. The zero-order valence-electron chi connectivity index (χ0n) is 8.60. The van der Waals surface area contributed by atoms with Crippen LogP contribution < -0.4 is 16.9 Å². The van der Waals surface area contributed by atoms with Crippen molar-refractivity contribution in [3.63, 3.8) is 0 Å². The second-order valence-electron chi connectivity index (χ2n) is 3.35. The Balaban J connectivity index is 2.11. The van der Waals surface area contributed by atoms with Crippen molar-refractivity contribution in [3.8, 4) is 0 Å². The summed E-state index contributed by atoms with van der Waals surface area (Å²) in [7, 11) is 0. The Bertz CT molecular complexity index is 388. The number of nitrogen functional groups attached to an aromatic ring is 1. The van der Waals surface area contributed by atoms with Gasteiger partial charge in [0.15, 0.2) is 5.82 Å². The van der Waals surface area contributed by atoms with Gasteiger partial charge < -0.3 is 21.6 Å². The smallest absolute Gasteiger partial charge is 0.255 e. The molecule has 2 rings (SSSR count). The number of ether oxygens (including phenoxy) is 1. The molecule has 1 aliphatic rings. The fourth-order valence-electron chi connectivity index (χ4n) is 1.44. The van der Waals surface area contributed by atoms with Crippen molar-refractivity contribution in [2.45, 2.75) is 0 Å². The van der Waals surface area contributed by atoms with E-state index in [1.807, 2.05) is 5.01 Å². The molecule has 0 bridgehead atoms. The molecule has 0 atom stereocenters. The number of nitrogens with one attached hydrogen (secondary N) is 1. The third-order valence-corrected chi connectivity index (χ3v) is 3.00. The van der Waals surface area contributed by atoms with Gasteiger partial charge in [0, 0.05) is 13.1 Å². The first-order valence-electron chi connectivity index (χ1n) is 4.83. The predicted molar refractivity (Wildman–Crippen MR) is 61.1 cm³/mol. The highest BCUT2D eigenvalue weighted by atomic mass is 32.1. The van der Waals surface area contributed by atoms with Crippen LogP contribution in [0.5, 0.6) is 0 Å². The number of nitrogens with two attached hydrogens (primary N) is 2. The Morgan fingerprint density at radius 1 is 1.50 bits per heavy atom. The molecule has 7 nitrogen and oxygen atoms in total. The molecule has 0 radical (unpaired) electrons. The molecule has 0 unspecified atom stereocenters. The van der Waals surface area contributed by atoms with Gasteiger partial charge in [0.05, 0.1) is 13.2 Å². The average Bonchev–Trinajstić information content (AvgIpc) is 2.61. The zero-order chi connectivity index (χ0) is 11.5. The SMILES string of the molecule is NC(=O)c1c(N)nsc1NN1CCOCC1. The number of hydrogen-bond donors (Lipinski definition) is 3. The summed E-state index contributed by atoms with van der Waals surface area (Å²) < 4.78 is 9.11. The fraction of sp³-hybridized carbons (Fsp3) is 0.500. The maximum atomic E-state index is 11.2. The quantitative estimate of drug-likeness (QED) is 0.659. The van der Waals surface area contributed by atoms with Crippen molar-refractivity contribution in [2.24, 2.45) is 5.73 Å². The van der Waals surface area contributed by atoms with Gasteiger partial charge in [-0.15, -0.1) is 0 Å². The minimum atomic E-state index is -0.568. The number of carbonyl (C=O) groups excluding carboxylic acids is 1. The first-order chi connectivity index (χ1) is 7.68. The molecule has 5 N–H and O–H groups in total. The number of carbonyl (C=O) groups is 1. The maximum Gasteiger partial charge on any atom is 0.255 e. The van der Waals surface area contributed by atoms with Crippen molar-refractivity contribution in [3.05, 3.63) is 5.56 Å². The molecule has 1 amide bonds. The van der Waals surface area contributed by atoms with E-state index in [-0.39, 0.29) is 11.4 Å². The lowest BCUT2D eigenvalue weighted by Gasteiger charge is -2.27. The van der Waals surface area contributed by atoms with Crippen molar-refractivity contribution >= 4 is 28.3 Å². The summed E-state index contributed by atoms with van der Waals surface area (Å²) in [5.74, 6) is -0.393. The van der Waals surface area contributed by atoms with Crippen molar-refractivity contribution in [1.29, 1.82) is 0 Å². The molecule has 1 aromatic rings. The second kappa shape index (κ2) is 4.64. The van der Waals surface area contributed by atoms with Crippen LogP contribution in [0.1, 0.15) is 10.4 Å². The predicted octanol–water partition coefficient (Wildman–Crippen LogP) is -0.517. The number of primary amides is 1. The summed E-state index contributed by atoms with van der Waals surface area (Å²) in [4.78, 5) is 11.2. The third kappa shape index (κ3) is 2.23. The van der Waals surface area contributed by atoms with E-state index < -0.39 is 5.91 Å². The van der Waals surface area contributed by atoms with E-state index in [1.165, 1.54) is 0 Å². The normalized spacial score (nSPS) is 17.2. The molecular weight excluding hydrogens is 230 g/mol. The van der Waals surface area contributed by atoms with E-state index in [1.54, 1.807) is 0 Å². The number of morpholine rings is 1. The molecule has 0 saturated carbocycles. The summed E-state index contributed by atoms with van der Waals surface area (Å²) in [6.45, 7) is 2.81. The summed E-state index contributed by atoms with van der Waals surface area (Å²) in [5.41, 5.74) is 14.1. The number of aromatic nitrogens is 1. The maximum absolute atomic E-state index is 11.2. The number of amides is 1. The lowest BCUT2D eigenvalue weighted by molar-refractivity contribution is 0.0498. The van der Waals surface area contributed by atoms with Crippen LogP contribution in [0.3, 0.4) is 0 Å². The van der Waals surface area contributed by atoms with E-state index in [9.17, 15) is 4.79 Å². The lowest BCUT2D eigenvalue weighted by atomic mass is 10.3. The molecule has 16 heavy (non-hydrogen) atoms. The van der Waals surface area contributed by atoms with Crippen LogP contribution in [0.2, 0.25) is 0 Å². The molecule has 1 aliphatic heterocycles. The number of rotatable bonds is 3. The molecule has 1 aromatic heterocycles. The molecule has 0 spiro atoms. The van der Waals surface area contributed by atoms with Gasteiger partial charge in [-0.1, -0.05) is 0 Å². The second-order valence-corrected chi connectivity index (χ2v) is 4.12. The molecule has 0 aromatic carbocycles. The van der Waals surface area contributed by atoms with Gasteiger partial charge in [0.1, 0.15) is 10.6 Å². The summed E-state index contributed by atoms with van der Waals surface area (Å²) >= 11 is 1.13. The van der Waals surface area contributed by atoms with Crippen LogP contribution in [0, 0.1) is 0 Å².